The second-order valence-corrected chi connectivity index (χ2v) is 5.22. The first-order valence-electron chi connectivity index (χ1n) is 5.90. The zero-order valence-corrected chi connectivity index (χ0v) is 12.5. The largest absolute Gasteiger partial charge is 0.316 e. The van der Waals surface area contributed by atoms with Gasteiger partial charge >= 0.3 is 0 Å². The van der Waals surface area contributed by atoms with Crippen molar-refractivity contribution in [3.8, 4) is 0 Å². The number of nitrogens with zero attached hydrogens (tertiary/aromatic N) is 1. The summed E-state index contributed by atoms with van der Waals surface area (Å²) in [5, 5.41) is 13.4. The molecule has 0 aromatic heterocycles. The molecule has 1 N–H and O–H groups in total. The van der Waals surface area contributed by atoms with E-state index in [1.165, 1.54) is 24.3 Å². The Morgan fingerprint density at radius 3 is 2.71 bits per heavy atom. The topological polar surface area (TPSA) is 72.2 Å². The number of carbonyl (C=O) groups is 1. The van der Waals surface area contributed by atoms with E-state index in [0.29, 0.717) is 10.0 Å². The van der Waals surface area contributed by atoms with Gasteiger partial charge in [0.15, 0.2) is 0 Å². The molecule has 5 nitrogen and oxygen atoms in total. The number of rotatable bonds is 3. The number of benzene rings is 2. The highest BCUT2D eigenvalue weighted by atomic mass is 79.9. The molecule has 0 bridgehead atoms. The Kier molecular flexibility index (Phi) is 4.32. The standard InChI is InChI=1S/C14H10BrFN2O3/c1-8-3-2-4-12(18(20)21)13(8)17-14(19)10-7-9(15)5-6-11(10)16/h2-7H,1H3,(H,17,19). The van der Waals surface area contributed by atoms with Crippen molar-refractivity contribution < 1.29 is 14.1 Å². The summed E-state index contributed by atoms with van der Waals surface area (Å²) in [6, 6.07) is 8.34. The number of aryl methyl sites for hydroxylation is 1. The van der Waals surface area contributed by atoms with E-state index in [4.69, 9.17) is 0 Å². The first-order chi connectivity index (χ1) is 9.90. The minimum absolute atomic E-state index is 0.0619. The average Bonchev–Trinajstić information content (AvgIpc) is 2.43. The average molecular weight is 353 g/mol. The van der Waals surface area contributed by atoms with Crippen molar-refractivity contribution in [3.63, 3.8) is 0 Å². The zero-order chi connectivity index (χ0) is 15.6. The molecule has 0 aliphatic carbocycles. The molecule has 1 amide bonds. The molecule has 0 unspecified atom stereocenters. The lowest BCUT2D eigenvalue weighted by molar-refractivity contribution is -0.384. The van der Waals surface area contributed by atoms with Crippen molar-refractivity contribution in [3.05, 3.63) is 67.9 Å². The van der Waals surface area contributed by atoms with Gasteiger partial charge in [-0.2, -0.15) is 0 Å². The number of hydrogen-bond acceptors (Lipinski definition) is 3. The number of halogens is 2. The first-order valence-corrected chi connectivity index (χ1v) is 6.70. The van der Waals surface area contributed by atoms with E-state index in [1.54, 1.807) is 13.0 Å². The summed E-state index contributed by atoms with van der Waals surface area (Å²) in [5.74, 6) is -1.45. The van der Waals surface area contributed by atoms with Crippen molar-refractivity contribution in [2.24, 2.45) is 0 Å². The van der Waals surface area contributed by atoms with Crippen LogP contribution in [0.3, 0.4) is 0 Å². The Bertz CT molecular complexity index is 734. The summed E-state index contributed by atoms with van der Waals surface area (Å²) < 4.78 is 14.2. The fourth-order valence-corrected chi connectivity index (χ4v) is 2.18. The molecule has 0 heterocycles. The van der Waals surface area contributed by atoms with Gasteiger partial charge in [-0.3, -0.25) is 14.9 Å². The van der Waals surface area contributed by atoms with Crippen molar-refractivity contribution in [1.82, 2.24) is 0 Å². The number of nitrogens with one attached hydrogen (secondary N) is 1. The van der Waals surface area contributed by atoms with Crippen molar-refractivity contribution in [1.29, 1.82) is 0 Å². The number of para-hydroxylation sites is 1. The molecule has 108 valence electrons. The lowest BCUT2D eigenvalue weighted by Crippen LogP contribution is -2.15. The van der Waals surface area contributed by atoms with Crippen LogP contribution in [0.2, 0.25) is 0 Å². The normalized spacial score (nSPS) is 10.2. The molecule has 0 spiro atoms. The van der Waals surface area contributed by atoms with E-state index >= 15 is 0 Å². The van der Waals surface area contributed by atoms with Gasteiger partial charge in [0.05, 0.1) is 10.5 Å². The maximum Gasteiger partial charge on any atom is 0.293 e. The molecular weight excluding hydrogens is 343 g/mol. The number of amides is 1. The fourth-order valence-electron chi connectivity index (χ4n) is 1.82. The second kappa shape index (κ2) is 6.01. The van der Waals surface area contributed by atoms with Crippen LogP contribution in [0.15, 0.2) is 40.9 Å². The molecule has 2 aromatic rings. The van der Waals surface area contributed by atoms with Gasteiger partial charge in [-0.15, -0.1) is 0 Å². The van der Waals surface area contributed by atoms with E-state index < -0.39 is 16.6 Å². The van der Waals surface area contributed by atoms with Gasteiger partial charge in [0.2, 0.25) is 0 Å². The van der Waals surface area contributed by atoms with Gasteiger partial charge in [0.1, 0.15) is 11.5 Å². The minimum Gasteiger partial charge on any atom is -0.316 e. The maximum atomic E-state index is 13.7. The lowest BCUT2D eigenvalue weighted by Gasteiger charge is -2.09. The van der Waals surface area contributed by atoms with E-state index in [9.17, 15) is 19.3 Å². The molecule has 0 aliphatic heterocycles. The molecule has 0 radical (unpaired) electrons. The van der Waals surface area contributed by atoms with Crippen LogP contribution in [0.5, 0.6) is 0 Å². The molecule has 2 aromatic carbocycles. The Morgan fingerprint density at radius 1 is 1.33 bits per heavy atom. The first kappa shape index (κ1) is 15.1. The van der Waals surface area contributed by atoms with Gasteiger partial charge in [0.25, 0.3) is 11.6 Å². The molecule has 21 heavy (non-hydrogen) atoms. The highest BCUT2D eigenvalue weighted by Crippen LogP contribution is 2.28. The Labute approximate surface area is 128 Å². The van der Waals surface area contributed by atoms with Gasteiger partial charge < -0.3 is 5.32 Å². The third-order valence-electron chi connectivity index (χ3n) is 2.86. The smallest absolute Gasteiger partial charge is 0.293 e. The number of anilines is 1. The monoisotopic (exact) mass is 352 g/mol. The van der Waals surface area contributed by atoms with Gasteiger partial charge in [-0.25, -0.2) is 4.39 Å². The maximum absolute atomic E-state index is 13.7. The predicted octanol–water partition coefficient (Wildman–Crippen LogP) is 4.06. The summed E-state index contributed by atoms with van der Waals surface area (Å²) in [7, 11) is 0. The molecule has 0 fully saturated rings. The molecule has 0 saturated heterocycles. The van der Waals surface area contributed by atoms with Crippen LogP contribution in [0.4, 0.5) is 15.8 Å². The SMILES string of the molecule is Cc1cccc([N+](=O)[O-])c1NC(=O)c1cc(Br)ccc1F. The van der Waals surface area contributed by atoms with Gasteiger partial charge in [-0.1, -0.05) is 28.1 Å². The van der Waals surface area contributed by atoms with E-state index in [2.05, 4.69) is 21.2 Å². The Balaban J connectivity index is 2.41. The van der Waals surface area contributed by atoms with Crippen LogP contribution in [0.1, 0.15) is 15.9 Å². The van der Waals surface area contributed by atoms with Gasteiger partial charge in [0, 0.05) is 10.5 Å². The number of carbonyl (C=O) groups excluding carboxylic acids is 1. The molecular formula is C14H10BrFN2O3. The Morgan fingerprint density at radius 2 is 2.05 bits per heavy atom. The highest BCUT2D eigenvalue weighted by Gasteiger charge is 2.20. The van der Waals surface area contributed by atoms with Crippen LogP contribution < -0.4 is 5.32 Å². The van der Waals surface area contributed by atoms with Gasteiger partial charge in [-0.05, 0) is 30.7 Å². The summed E-state index contributed by atoms with van der Waals surface area (Å²) in [6.07, 6.45) is 0. The summed E-state index contributed by atoms with van der Waals surface area (Å²) in [6.45, 7) is 1.62. The fraction of sp³-hybridized carbons (Fsp3) is 0.0714. The van der Waals surface area contributed by atoms with Crippen molar-refractivity contribution >= 4 is 33.2 Å². The third kappa shape index (κ3) is 3.25. The minimum atomic E-state index is -0.744. The summed E-state index contributed by atoms with van der Waals surface area (Å²) >= 11 is 3.15. The molecule has 0 saturated carbocycles. The number of nitro benzene ring substituents is 1. The lowest BCUT2D eigenvalue weighted by atomic mass is 10.1. The summed E-state index contributed by atoms with van der Waals surface area (Å²) in [4.78, 5) is 22.5. The van der Waals surface area contributed by atoms with Crippen LogP contribution >= 0.6 is 15.9 Å². The van der Waals surface area contributed by atoms with Crippen LogP contribution in [0, 0.1) is 22.9 Å². The third-order valence-corrected chi connectivity index (χ3v) is 3.35. The molecule has 0 aliphatic rings. The van der Waals surface area contributed by atoms with Crippen molar-refractivity contribution in [2.45, 2.75) is 6.92 Å². The van der Waals surface area contributed by atoms with Crippen LogP contribution in [-0.2, 0) is 0 Å². The van der Waals surface area contributed by atoms with E-state index in [0.717, 1.165) is 6.07 Å². The number of hydrogen-bond donors (Lipinski definition) is 1. The molecule has 2 rings (SSSR count). The molecule has 7 heteroatoms. The van der Waals surface area contributed by atoms with Crippen LogP contribution in [-0.4, -0.2) is 10.8 Å². The molecule has 0 atom stereocenters. The summed E-state index contributed by atoms with van der Waals surface area (Å²) in [5.41, 5.74) is 0.153. The number of nitro groups is 1. The second-order valence-electron chi connectivity index (χ2n) is 4.30. The quantitative estimate of drug-likeness (QED) is 0.668. The van der Waals surface area contributed by atoms with E-state index in [-0.39, 0.29) is 16.9 Å². The predicted molar refractivity (Wildman–Crippen MR) is 79.9 cm³/mol. The Hall–Kier alpha value is -2.28. The van der Waals surface area contributed by atoms with E-state index in [1.807, 2.05) is 0 Å². The van der Waals surface area contributed by atoms with Crippen molar-refractivity contribution in [2.75, 3.05) is 5.32 Å². The zero-order valence-electron chi connectivity index (χ0n) is 10.9. The van der Waals surface area contributed by atoms with Crippen LogP contribution in [0.25, 0.3) is 0 Å². The highest BCUT2D eigenvalue weighted by molar-refractivity contribution is 9.10.